The van der Waals surface area contributed by atoms with Crippen LogP contribution >= 0.6 is 0 Å². The maximum atomic E-state index is 12.9. The van der Waals surface area contributed by atoms with E-state index in [4.69, 9.17) is 0 Å². The second-order valence-corrected chi connectivity index (χ2v) is 7.35. The zero-order valence-electron chi connectivity index (χ0n) is 11.6. The van der Waals surface area contributed by atoms with Crippen molar-refractivity contribution in [3.05, 3.63) is 48.5 Å². The minimum absolute atomic E-state index is 0.0816. The fourth-order valence-electron chi connectivity index (χ4n) is 2.29. The summed E-state index contributed by atoms with van der Waals surface area (Å²) < 4.78 is 39.0. The number of hydrogen-bond donors (Lipinski definition) is 0. The maximum Gasteiger partial charge on any atom is 0.244 e. The summed E-state index contributed by atoms with van der Waals surface area (Å²) in [7, 11) is -3.53. The lowest BCUT2D eigenvalue weighted by Gasteiger charge is -2.38. The highest BCUT2D eigenvalue weighted by atomic mass is 32.2. The minimum atomic E-state index is -3.53. The molecule has 1 saturated heterocycles. The number of nitrogens with zero attached hydrogens (tertiary/aromatic N) is 3. The normalized spacial score (nSPS) is 15.6. The van der Waals surface area contributed by atoms with Gasteiger partial charge in [0, 0.05) is 25.5 Å². The third-order valence-corrected chi connectivity index (χ3v) is 5.74. The lowest BCUT2D eigenvalue weighted by atomic mass is 10.2. The molecule has 0 N–H and O–H groups in total. The molecule has 1 aliphatic rings. The van der Waals surface area contributed by atoms with Crippen molar-refractivity contribution in [2.75, 3.05) is 13.1 Å². The van der Waals surface area contributed by atoms with Gasteiger partial charge in [0.25, 0.3) is 0 Å². The van der Waals surface area contributed by atoms with Crippen LogP contribution in [0.5, 0.6) is 0 Å². The van der Waals surface area contributed by atoms with Gasteiger partial charge < -0.3 is 4.90 Å². The second kappa shape index (κ2) is 5.53. The van der Waals surface area contributed by atoms with Crippen LogP contribution in [0.3, 0.4) is 0 Å². The smallest absolute Gasteiger partial charge is 0.244 e. The summed E-state index contributed by atoms with van der Waals surface area (Å²) in [5.74, 6) is -0.655. The number of rotatable bonds is 4. The van der Waals surface area contributed by atoms with E-state index < -0.39 is 20.9 Å². The van der Waals surface area contributed by atoms with Gasteiger partial charge in [-0.3, -0.25) is 9.48 Å². The molecule has 2 aromatic rings. The highest BCUT2D eigenvalue weighted by molar-refractivity contribution is 7.92. The fourth-order valence-corrected chi connectivity index (χ4v) is 3.94. The van der Waals surface area contributed by atoms with Crippen molar-refractivity contribution in [2.45, 2.75) is 16.7 Å². The molecule has 3 rings (SSSR count). The number of amides is 1. The third kappa shape index (κ3) is 2.74. The Hall–Kier alpha value is -2.22. The van der Waals surface area contributed by atoms with E-state index in [1.807, 2.05) is 0 Å². The molecular weight excluding hydrogens is 309 g/mol. The first kappa shape index (κ1) is 14.7. The van der Waals surface area contributed by atoms with Gasteiger partial charge in [-0.15, -0.1) is 0 Å². The highest BCUT2D eigenvalue weighted by Crippen LogP contribution is 2.24. The van der Waals surface area contributed by atoms with Crippen LogP contribution in [-0.2, 0) is 21.2 Å². The van der Waals surface area contributed by atoms with Crippen molar-refractivity contribution in [3.63, 3.8) is 0 Å². The van der Waals surface area contributed by atoms with Crippen LogP contribution in [0.15, 0.2) is 47.6 Å². The minimum Gasteiger partial charge on any atom is -0.338 e. The standard InChI is InChI=1S/C14H14FN3O3S/c15-11-2-4-12(5-3-11)22(20,21)13-8-17(9-13)14(19)10-18-7-1-6-16-18/h1-7,13H,8-10H2. The van der Waals surface area contributed by atoms with Crippen LogP contribution in [0.2, 0.25) is 0 Å². The Morgan fingerprint density at radius 2 is 1.95 bits per heavy atom. The molecule has 22 heavy (non-hydrogen) atoms. The molecule has 1 aromatic heterocycles. The molecule has 0 spiro atoms. The Bertz CT molecular complexity index is 766. The van der Waals surface area contributed by atoms with Crippen LogP contribution < -0.4 is 0 Å². The molecule has 0 aliphatic carbocycles. The quantitative estimate of drug-likeness (QED) is 0.777. The summed E-state index contributed by atoms with van der Waals surface area (Å²) in [6, 6.07) is 6.45. The Morgan fingerprint density at radius 1 is 1.27 bits per heavy atom. The number of halogens is 1. The first-order valence-corrected chi connectivity index (χ1v) is 8.26. The summed E-state index contributed by atoms with van der Waals surface area (Å²) in [4.78, 5) is 13.5. The first-order valence-electron chi connectivity index (χ1n) is 6.71. The zero-order valence-corrected chi connectivity index (χ0v) is 12.4. The van der Waals surface area contributed by atoms with E-state index in [1.54, 1.807) is 18.5 Å². The van der Waals surface area contributed by atoms with Gasteiger partial charge in [0.1, 0.15) is 17.6 Å². The fraction of sp³-hybridized carbons (Fsp3) is 0.286. The van der Waals surface area contributed by atoms with E-state index in [9.17, 15) is 17.6 Å². The van der Waals surface area contributed by atoms with Gasteiger partial charge >= 0.3 is 0 Å². The van der Waals surface area contributed by atoms with E-state index in [0.29, 0.717) is 0 Å². The number of aromatic nitrogens is 2. The van der Waals surface area contributed by atoms with Gasteiger partial charge in [0.2, 0.25) is 5.91 Å². The molecule has 0 atom stereocenters. The summed E-state index contributed by atoms with van der Waals surface area (Å²) in [5, 5.41) is 3.30. The number of likely N-dealkylation sites (tertiary alicyclic amines) is 1. The summed E-state index contributed by atoms with van der Waals surface area (Å²) in [6.45, 7) is 0.399. The number of benzene rings is 1. The Balaban J connectivity index is 1.62. The van der Waals surface area contributed by atoms with Crippen molar-refractivity contribution in [3.8, 4) is 0 Å². The van der Waals surface area contributed by atoms with E-state index in [-0.39, 0.29) is 30.4 Å². The first-order chi connectivity index (χ1) is 10.5. The maximum absolute atomic E-state index is 12.9. The predicted molar refractivity (Wildman–Crippen MR) is 76.2 cm³/mol. The van der Waals surface area contributed by atoms with Crippen LogP contribution in [0.4, 0.5) is 4.39 Å². The molecule has 116 valence electrons. The second-order valence-electron chi connectivity index (χ2n) is 5.12. The average Bonchev–Trinajstić information content (AvgIpc) is 2.90. The number of carbonyl (C=O) groups is 1. The zero-order chi connectivity index (χ0) is 15.7. The Morgan fingerprint density at radius 3 is 2.55 bits per heavy atom. The van der Waals surface area contributed by atoms with Gasteiger partial charge in [-0.05, 0) is 30.3 Å². The Labute approximate surface area is 127 Å². The lowest BCUT2D eigenvalue weighted by molar-refractivity contribution is -0.135. The van der Waals surface area contributed by atoms with Crippen molar-refractivity contribution < 1.29 is 17.6 Å². The van der Waals surface area contributed by atoms with Crippen molar-refractivity contribution >= 4 is 15.7 Å². The van der Waals surface area contributed by atoms with E-state index >= 15 is 0 Å². The van der Waals surface area contributed by atoms with Crippen molar-refractivity contribution in [1.82, 2.24) is 14.7 Å². The van der Waals surface area contributed by atoms with Crippen molar-refractivity contribution in [1.29, 1.82) is 0 Å². The van der Waals surface area contributed by atoms with E-state index in [2.05, 4.69) is 5.10 Å². The van der Waals surface area contributed by atoms with Crippen LogP contribution in [0, 0.1) is 5.82 Å². The SMILES string of the molecule is O=C(Cn1cccn1)N1CC(S(=O)(=O)c2ccc(F)cc2)C1. The Kier molecular flexibility index (Phi) is 3.69. The average molecular weight is 323 g/mol. The highest BCUT2D eigenvalue weighted by Gasteiger charge is 2.40. The molecule has 0 unspecified atom stereocenters. The van der Waals surface area contributed by atoms with E-state index in [1.165, 1.54) is 21.7 Å². The number of carbonyl (C=O) groups excluding carboxylic acids is 1. The molecule has 1 aliphatic heterocycles. The van der Waals surface area contributed by atoms with Gasteiger partial charge in [0.05, 0.1) is 4.90 Å². The van der Waals surface area contributed by atoms with Crippen LogP contribution in [-0.4, -0.2) is 47.3 Å². The van der Waals surface area contributed by atoms with Gasteiger partial charge in [0.15, 0.2) is 9.84 Å². The molecule has 1 amide bonds. The third-order valence-electron chi connectivity index (χ3n) is 3.64. The van der Waals surface area contributed by atoms with Crippen LogP contribution in [0.25, 0.3) is 0 Å². The number of sulfone groups is 1. The topological polar surface area (TPSA) is 72.3 Å². The van der Waals surface area contributed by atoms with Gasteiger partial charge in [-0.1, -0.05) is 0 Å². The van der Waals surface area contributed by atoms with Gasteiger partial charge in [-0.2, -0.15) is 5.10 Å². The molecule has 6 nitrogen and oxygen atoms in total. The molecule has 1 fully saturated rings. The molecule has 0 radical (unpaired) electrons. The molecule has 0 bridgehead atoms. The van der Waals surface area contributed by atoms with E-state index in [0.717, 1.165) is 12.1 Å². The predicted octanol–water partition coefficient (Wildman–Crippen LogP) is 0.707. The number of hydrogen-bond acceptors (Lipinski definition) is 4. The van der Waals surface area contributed by atoms with Crippen LogP contribution in [0.1, 0.15) is 0 Å². The molecule has 2 heterocycles. The lowest BCUT2D eigenvalue weighted by Crippen LogP contribution is -2.57. The summed E-state index contributed by atoms with van der Waals surface area (Å²) in [5.41, 5.74) is 0. The molecule has 0 saturated carbocycles. The molecular formula is C14H14FN3O3S. The van der Waals surface area contributed by atoms with Crippen molar-refractivity contribution in [2.24, 2.45) is 0 Å². The summed E-state index contributed by atoms with van der Waals surface area (Å²) in [6.07, 6.45) is 3.25. The van der Waals surface area contributed by atoms with Gasteiger partial charge in [-0.25, -0.2) is 12.8 Å². The largest absolute Gasteiger partial charge is 0.338 e. The summed E-state index contributed by atoms with van der Waals surface area (Å²) >= 11 is 0. The molecule has 8 heteroatoms. The molecule has 1 aromatic carbocycles. The monoisotopic (exact) mass is 323 g/mol.